The molecule has 2 aromatic rings. The number of aryl methyl sites for hydroxylation is 2. The van der Waals surface area contributed by atoms with Crippen LogP contribution in [0.5, 0.6) is 0 Å². The largest absolute Gasteiger partial charge is 0.326 e. The number of thiophene rings is 1. The highest BCUT2D eigenvalue weighted by Gasteiger charge is 2.18. The maximum absolute atomic E-state index is 12.3. The normalized spacial score (nSPS) is 11.6. The fourth-order valence-corrected chi connectivity index (χ4v) is 4.50. The van der Waals surface area contributed by atoms with E-state index in [-0.39, 0.29) is 4.21 Å². The second-order valence-corrected chi connectivity index (χ2v) is 8.35. The second-order valence-electron chi connectivity index (χ2n) is 4.45. The van der Waals surface area contributed by atoms with Gasteiger partial charge in [-0.05, 0) is 49.2 Å². The minimum Gasteiger partial charge on any atom is -0.326 e. The molecule has 0 saturated heterocycles. The van der Waals surface area contributed by atoms with Crippen LogP contribution >= 0.6 is 27.3 Å². The van der Waals surface area contributed by atoms with Gasteiger partial charge in [0.25, 0.3) is 10.0 Å². The number of nitrogens with one attached hydrogen (secondary N) is 1. The van der Waals surface area contributed by atoms with E-state index in [1.165, 1.54) is 11.3 Å². The molecule has 7 heteroatoms. The zero-order valence-electron chi connectivity index (χ0n) is 11.1. The van der Waals surface area contributed by atoms with Crippen molar-refractivity contribution in [3.63, 3.8) is 0 Å². The number of sulfonamides is 1. The fraction of sp³-hybridized carbons (Fsp3) is 0.231. The zero-order chi connectivity index (χ0) is 14.9. The Morgan fingerprint density at radius 1 is 1.25 bits per heavy atom. The van der Waals surface area contributed by atoms with E-state index >= 15 is 0 Å². The van der Waals surface area contributed by atoms with Crippen LogP contribution in [0.3, 0.4) is 0 Å². The summed E-state index contributed by atoms with van der Waals surface area (Å²) in [5.74, 6) is 0. The predicted molar refractivity (Wildman–Crippen MR) is 86.6 cm³/mol. The Balaban J connectivity index is 2.32. The Bertz CT molecular complexity index is 739. The van der Waals surface area contributed by atoms with Crippen LogP contribution in [0.1, 0.15) is 16.0 Å². The molecular formula is C13H15BrN2O2S2. The smallest absolute Gasteiger partial charge is 0.271 e. The van der Waals surface area contributed by atoms with Gasteiger partial charge >= 0.3 is 0 Å². The lowest BCUT2D eigenvalue weighted by molar-refractivity contribution is 0.603. The predicted octanol–water partition coefficient (Wildman–Crippen LogP) is 3.39. The van der Waals surface area contributed by atoms with Crippen LogP contribution in [-0.4, -0.2) is 8.42 Å². The van der Waals surface area contributed by atoms with Crippen LogP contribution in [0.2, 0.25) is 0 Å². The topological polar surface area (TPSA) is 72.2 Å². The first-order valence-electron chi connectivity index (χ1n) is 5.92. The molecule has 4 nitrogen and oxygen atoms in total. The van der Waals surface area contributed by atoms with Crippen molar-refractivity contribution in [2.24, 2.45) is 5.73 Å². The summed E-state index contributed by atoms with van der Waals surface area (Å²) in [6.45, 7) is 4.12. The summed E-state index contributed by atoms with van der Waals surface area (Å²) in [5.41, 5.74) is 8.01. The van der Waals surface area contributed by atoms with Gasteiger partial charge in [-0.3, -0.25) is 4.72 Å². The van der Waals surface area contributed by atoms with Crippen LogP contribution in [0.4, 0.5) is 5.69 Å². The molecule has 3 N–H and O–H groups in total. The minimum atomic E-state index is -3.56. The highest BCUT2D eigenvalue weighted by molar-refractivity contribution is 9.10. The van der Waals surface area contributed by atoms with Gasteiger partial charge in [0.1, 0.15) is 4.21 Å². The maximum Gasteiger partial charge on any atom is 0.271 e. The Hall–Kier alpha value is -0.890. The van der Waals surface area contributed by atoms with Crippen LogP contribution < -0.4 is 10.5 Å². The van der Waals surface area contributed by atoms with Crippen molar-refractivity contribution in [2.75, 3.05) is 4.72 Å². The van der Waals surface area contributed by atoms with E-state index in [0.717, 1.165) is 20.5 Å². The average molecular weight is 375 g/mol. The molecule has 0 aliphatic carbocycles. The number of nitrogens with two attached hydrogens (primary N) is 1. The van der Waals surface area contributed by atoms with Gasteiger partial charge in [-0.15, -0.1) is 11.3 Å². The van der Waals surface area contributed by atoms with E-state index in [1.807, 2.05) is 19.9 Å². The SMILES string of the molecule is Cc1cc(NS(=O)(=O)c2cc(C)c(CN)s2)ccc1Br. The van der Waals surface area contributed by atoms with Gasteiger partial charge in [-0.1, -0.05) is 15.9 Å². The van der Waals surface area contributed by atoms with Gasteiger partial charge in [0, 0.05) is 21.6 Å². The van der Waals surface area contributed by atoms with Gasteiger partial charge in [0.05, 0.1) is 0 Å². The van der Waals surface area contributed by atoms with Crippen LogP contribution in [0.25, 0.3) is 0 Å². The van der Waals surface area contributed by atoms with E-state index in [9.17, 15) is 8.42 Å². The van der Waals surface area contributed by atoms with Crippen molar-refractivity contribution in [1.82, 2.24) is 0 Å². The van der Waals surface area contributed by atoms with Crippen LogP contribution in [0, 0.1) is 13.8 Å². The minimum absolute atomic E-state index is 0.288. The van der Waals surface area contributed by atoms with Gasteiger partial charge in [0.15, 0.2) is 0 Å². The molecule has 0 saturated carbocycles. The quantitative estimate of drug-likeness (QED) is 0.861. The Labute approximate surface area is 131 Å². The Kier molecular flexibility index (Phi) is 4.53. The highest BCUT2D eigenvalue weighted by atomic mass is 79.9. The average Bonchev–Trinajstić information content (AvgIpc) is 2.76. The Morgan fingerprint density at radius 3 is 2.50 bits per heavy atom. The van der Waals surface area contributed by atoms with Crippen LogP contribution in [0.15, 0.2) is 32.9 Å². The Morgan fingerprint density at radius 2 is 1.95 bits per heavy atom. The zero-order valence-corrected chi connectivity index (χ0v) is 14.3. The molecular weight excluding hydrogens is 360 g/mol. The van der Waals surface area contributed by atoms with Crippen molar-refractivity contribution in [2.45, 2.75) is 24.6 Å². The van der Waals surface area contributed by atoms with E-state index in [1.54, 1.807) is 18.2 Å². The van der Waals surface area contributed by atoms with Crippen molar-refractivity contribution in [3.8, 4) is 0 Å². The first-order chi connectivity index (χ1) is 9.33. The number of benzene rings is 1. The van der Waals surface area contributed by atoms with Crippen molar-refractivity contribution in [1.29, 1.82) is 0 Å². The number of anilines is 1. The molecule has 2 rings (SSSR count). The summed E-state index contributed by atoms with van der Waals surface area (Å²) in [6.07, 6.45) is 0. The lowest BCUT2D eigenvalue weighted by Gasteiger charge is -2.07. The van der Waals surface area contributed by atoms with E-state index < -0.39 is 10.0 Å². The summed E-state index contributed by atoms with van der Waals surface area (Å²) in [6, 6.07) is 6.98. The standard InChI is InChI=1S/C13H15BrN2O2S2/c1-8-5-10(3-4-11(8)14)16-20(17,18)13-6-9(2)12(7-15)19-13/h3-6,16H,7,15H2,1-2H3. The number of halogens is 1. The molecule has 0 fully saturated rings. The molecule has 0 aliphatic rings. The van der Waals surface area contributed by atoms with Crippen LogP contribution in [-0.2, 0) is 16.6 Å². The molecule has 1 aromatic heterocycles. The van der Waals surface area contributed by atoms with Crippen molar-refractivity contribution < 1.29 is 8.42 Å². The molecule has 0 unspecified atom stereocenters. The van der Waals surface area contributed by atoms with Crippen molar-refractivity contribution >= 4 is 43.0 Å². The summed E-state index contributed by atoms with van der Waals surface area (Å²) in [5, 5.41) is 0. The summed E-state index contributed by atoms with van der Waals surface area (Å²) in [7, 11) is -3.56. The molecule has 0 atom stereocenters. The lowest BCUT2D eigenvalue weighted by Crippen LogP contribution is -2.11. The fourth-order valence-electron chi connectivity index (χ4n) is 1.74. The molecule has 20 heavy (non-hydrogen) atoms. The number of rotatable bonds is 4. The molecule has 0 spiro atoms. The van der Waals surface area contributed by atoms with E-state index in [4.69, 9.17) is 5.73 Å². The van der Waals surface area contributed by atoms with E-state index in [0.29, 0.717) is 12.2 Å². The molecule has 0 bridgehead atoms. The maximum atomic E-state index is 12.3. The second kappa shape index (κ2) is 5.85. The lowest BCUT2D eigenvalue weighted by atomic mass is 10.2. The third-order valence-electron chi connectivity index (χ3n) is 2.86. The number of hydrogen-bond acceptors (Lipinski definition) is 4. The summed E-state index contributed by atoms with van der Waals surface area (Å²) in [4.78, 5) is 0.886. The van der Waals surface area contributed by atoms with E-state index in [2.05, 4.69) is 20.7 Å². The summed E-state index contributed by atoms with van der Waals surface area (Å²) < 4.78 is 28.5. The monoisotopic (exact) mass is 374 g/mol. The van der Waals surface area contributed by atoms with Gasteiger partial charge in [-0.25, -0.2) is 8.42 Å². The first kappa shape index (κ1) is 15.5. The molecule has 108 valence electrons. The van der Waals surface area contributed by atoms with Gasteiger partial charge in [0.2, 0.25) is 0 Å². The third-order valence-corrected chi connectivity index (χ3v) is 6.86. The van der Waals surface area contributed by atoms with Gasteiger partial charge < -0.3 is 5.73 Å². The molecule has 1 heterocycles. The third kappa shape index (κ3) is 3.22. The highest BCUT2D eigenvalue weighted by Crippen LogP contribution is 2.28. The molecule has 0 radical (unpaired) electrons. The first-order valence-corrected chi connectivity index (χ1v) is 9.01. The number of hydrogen-bond donors (Lipinski definition) is 2. The van der Waals surface area contributed by atoms with Crippen molar-refractivity contribution in [3.05, 3.63) is 44.7 Å². The molecule has 1 aromatic carbocycles. The van der Waals surface area contributed by atoms with Gasteiger partial charge in [-0.2, -0.15) is 0 Å². The molecule has 0 amide bonds. The summed E-state index contributed by atoms with van der Waals surface area (Å²) >= 11 is 4.60. The molecule has 0 aliphatic heterocycles.